The Morgan fingerprint density at radius 1 is 0.850 bits per heavy atom. The number of amides is 2. The average molecular weight is 574 g/mol. The van der Waals surface area contributed by atoms with E-state index in [2.05, 4.69) is 29.6 Å². The molecule has 1 aliphatic rings. The van der Waals surface area contributed by atoms with Crippen LogP contribution in [-0.4, -0.2) is 28.8 Å². The van der Waals surface area contributed by atoms with E-state index < -0.39 is 6.04 Å². The van der Waals surface area contributed by atoms with Gasteiger partial charge in [-0.05, 0) is 58.9 Å². The summed E-state index contributed by atoms with van der Waals surface area (Å²) in [5.41, 5.74) is 2.88. The molecule has 1 unspecified atom stereocenters. The summed E-state index contributed by atoms with van der Waals surface area (Å²) in [6, 6.07) is 29.1. The van der Waals surface area contributed by atoms with Crippen molar-refractivity contribution in [1.29, 1.82) is 0 Å². The van der Waals surface area contributed by atoms with Gasteiger partial charge in [-0.25, -0.2) is 0 Å². The highest BCUT2D eigenvalue weighted by Gasteiger charge is 2.32. The molecule has 0 aliphatic heterocycles. The second-order valence-corrected chi connectivity index (χ2v) is 11.4. The minimum Gasteiger partial charge on any atom is -0.352 e. The smallest absolute Gasteiger partial charge is 0.243 e. The zero-order valence-corrected chi connectivity index (χ0v) is 24.0. The molecule has 1 saturated carbocycles. The molecule has 4 aromatic rings. The third-order valence-electron chi connectivity index (χ3n) is 7.82. The Hall–Kier alpha value is -3.34. The lowest BCUT2D eigenvalue weighted by Crippen LogP contribution is -2.52. The van der Waals surface area contributed by atoms with Crippen molar-refractivity contribution < 1.29 is 9.59 Å². The fourth-order valence-electron chi connectivity index (χ4n) is 5.65. The van der Waals surface area contributed by atoms with Gasteiger partial charge in [0.25, 0.3) is 0 Å². The fourth-order valence-corrected chi connectivity index (χ4v) is 6.12. The molecule has 4 aromatic carbocycles. The van der Waals surface area contributed by atoms with E-state index in [0.717, 1.165) is 53.1 Å². The van der Waals surface area contributed by atoms with Gasteiger partial charge in [-0.2, -0.15) is 0 Å². The van der Waals surface area contributed by atoms with Crippen molar-refractivity contribution in [2.75, 3.05) is 0 Å². The summed E-state index contributed by atoms with van der Waals surface area (Å²) >= 11 is 12.7. The van der Waals surface area contributed by atoms with E-state index in [0.29, 0.717) is 22.9 Å². The lowest BCUT2D eigenvalue weighted by molar-refractivity contribution is -0.141. The van der Waals surface area contributed by atoms with Crippen LogP contribution in [0.3, 0.4) is 0 Å². The third kappa shape index (κ3) is 7.04. The first-order valence-electron chi connectivity index (χ1n) is 14.0. The fraction of sp³-hybridized carbons (Fsp3) is 0.294. The van der Waals surface area contributed by atoms with E-state index in [-0.39, 0.29) is 30.8 Å². The van der Waals surface area contributed by atoms with Crippen LogP contribution in [0.25, 0.3) is 10.8 Å². The molecule has 1 atom stereocenters. The minimum atomic E-state index is -0.672. The predicted molar refractivity (Wildman–Crippen MR) is 164 cm³/mol. The van der Waals surface area contributed by atoms with Crippen LogP contribution in [0.15, 0.2) is 91.0 Å². The molecule has 6 heteroatoms. The number of hydrogen-bond acceptors (Lipinski definition) is 2. The number of rotatable bonds is 10. The summed E-state index contributed by atoms with van der Waals surface area (Å²) in [4.78, 5) is 29.7. The van der Waals surface area contributed by atoms with Crippen LogP contribution in [0.2, 0.25) is 10.0 Å². The third-order valence-corrected chi connectivity index (χ3v) is 8.40. The lowest BCUT2D eigenvalue weighted by atomic mass is 9.99. The van der Waals surface area contributed by atoms with Crippen LogP contribution in [-0.2, 0) is 29.0 Å². The van der Waals surface area contributed by atoms with Gasteiger partial charge in [0.1, 0.15) is 6.04 Å². The number of aryl methyl sites for hydroxylation is 1. The quantitative estimate of drug-likeness (QED) is 0.211. The molecule has 2 amide bonds. The summed E-state index contributed by atoms with van der Waals surface area (Å²) in [5, 5.41) is 6.56. The van der Waals surface area contributed by atoms with Gasteiger partial charge in [0, 0.05) is 35.5 Å². The number of carbonyl (C=O) groups excluding carboxylic acids is 2. The van der Waals surface area contributed by atoms with E-state index in [1.807, 2.05) is 54.6 Å². The molecule has 206 valence electrons. The summed E-state index contributed by atoms with van der Waals surface area (Å²) in [6.45, 7) is 0.222. The van der Waals surface area contributed by atoms with Gasteiger partial charge in [0.15, 0.2) is 0 Å². The Labute approximate surface area is 246 Å². The summed E-state index contributed by atoms with van der Waals surface area (Å²) in [5.74, 6) is -0.194. The van der Waals surface area contributed by atoms with Crippen LogP contribution < -0.4 is 5.32 Å². The number of nitrogens with one attached hydrogen (secondary N) is 1. The predicted octanol–water partition coefficient (Wildman–Crippen LogP) is 7.78. The summed E-state index contributed by atoms with van der Waals surface area (Å²) < 4.78 is 0. The highest BCUT2D eigenvalue weighted by molar-refractivity contribution is 6.35. The molecule has 4 nitrogen and oxygen atoms in total. The summed E-state index contributed by atoms with van der Waals surface area (Å²) in [7, 11) is 0. The van der Waals surface area contributed by atoms with Crippen molar-refractivity contribution in [3.05, 3.63) is 118 Å². The molecule has 0 spiro atoms. The van der Waals surface area contributed by atoms with E-state index in [1.165, 1.54) is 0 Å². The Bertz CT molecular complexity index is 1460. The maximum absolute atomic E-state index is 14.1. The van der Waals surface area contributed by atoms with Crippen molar-refractivity contribution in [3.63, 3.8) is 0 Å². The molecule has 0 bridgehead atoms. The lowest BCUT2D eigenvalue weighted by Gasteiger charge is -2.33. The molecule has 1 N–H and O–H groups in total. The molecule has 0 heterocycles. The van der Waals surface area contributed by atoms with Crippen LogP contribution in [0, 0.1) is 0 Å². The zero-order valence-electron chi connectivity index (χ0n) is 22.5. The van der Waals surface area contributed by atoms with Gasteiger partial charge in [-0.3, -0.25) is 9.59 Å². The van der Waals surface area contributed by atoms with Gasteiger partial charge < -0.3 is 10.2 Å². The number of carbonyl (C=O) groups is 2. The van der Waals surface area contributed by atoms with Crippen molar-refractivity contribution in [1.82, 2.24) is 10.2 Å². The molecular formula is C34H34Cl2N2O2. The maximum Gasteiger partial charge on any atom is 0.243 e. The van der Waals surface area contributed by atoms with Crippen molar-refractivity contribution in [2.45, 2.75) is 63.6 Å². The topological polar surface area (TPSA) is 49.4 Å². The number of benzene rings is 4. The SMILES string of the molecule is O=C(NC1CCCC1)C(Cc1ccccc1)N(Cc1ccc(Cl)cc1Cl)C(=O)CCc1cccc2ccccc12. The van der Waals surface area contributed by atoms with E-state index >= 15 is 0 Å². The Balaban J connectivity index is 1.46. The first-order chi connectivity index (χ1) is 19.5. The van der Waals surface area contributed by atoms with Crippen molar-refractivity contribution in [2.24, 2.45) is 0 Å². The first-order valence-corrected chi connectivity index (χ1v) is 14.8. The van der Waals surface area contributed by atoms with Gasteiger partial charge in [0.05, 0.1) is 0 Å². The number of hydrogen-bond donors (Lipinski definition) is 1. The Morgan fingerprint density at radius 2 is 1.57 bits per heavy atom. The standard InChI is InChI=1S/C34H34Cl2N2O2/c35-28-19-17-27(31(36)22-28)23-38(33(39)20-18-26-13-8-12-25-11-4-7-16-30(25)26)32(21-24-9-2-1-3-10-24)34(40)37-29-14-5-6-15-29/h1-4,7-13,16-17,19,22,29,32H,5-6,14-15,18,20-21,23H2,(H,37,40). The molecule has 0 saturated heterocycles. The molecule has 5 rings (SSSR count). The largest absolute Gasteiger partial charge is 0.352 e. The molecule has 0 aromatic heterocycles. The van der Waals surface area contributed by atoms with E-state index in [9.17, 15) is 9.59 Å². The van der Waals surface area contributed by atoms with Crippen LogP contribution >= 0.6 is 23.2 Å². The van der Waals surface area contributed by atoms with Gasteiger partial charge in [-0.1, -0.05) is 115 Å². The Morgan fingerprint density at radius 3 is 2.35 bits per heavy atom. The number of nitrogens with zero attached hydrogens (tertiary/aromatic N) is 1. The highest BCUT2D eigenvalue weighted by Crippen LogP contribution is 2.26. The molecule has 1 fully saturated rings. The monoisotopic (exact) mass is 572 g/mol. The molecule has 40 heavy (non-hydrogen) atoms. The van der Waals surface area contributed by atoms with E-state index in [4.69, 9.17) is 23.2 Å². The summed E-state index contributed by atoms with van der Waals surface area (Å²) in [6.07, 6.45) is 5.45. The second-order valence-electron chi connectivity index (χ2n) is 10.6. The molecular weight excluding hydrogens is 539 g/mol. The zero-order chi connectivity index (χ0) is 27.9. The Kier molecular flexibility index (Phi) is 9.41. The number of fused-ring (bicyclic) bond motifs is 1. The maximum atomic E-state index is 14.1. The van der Waals surface area contributed by atoms with Crippen LogP contribution in [0.5, 0.6) is 0 Å². The minimum absolute atomic E-state index is 0.0820. The average Bonchev–Trinajstić information content (AvgIpc) is 3.48. The van der Waals surface area contributed by atoms with Crippen LogP contribution in [0.1, 0.15) is 48.8 Å². The first kappa shape index (κ1) is 28.2. The van der Waals surface area contributed by atoms with Crippen molar-refractivity contribution in [3.8, 4) is 0 Å². The van der Waals surface area contributed by atoms with E-state index in [1.54, 1.807) is 17.0 Å². The van der Waals surface area contributed by atoms with Crippen molar-refractivity contribution >= 4 is 45.8 Å². The highest BCUT2D eigenvalue weighted by atomic mass is 35.5. The molecule has 0 radical (unpaired) electrons. The molecule has 1 aliphatic carbocycles. The van der Waals surface area contributed by atoms with Gasteiger partial charge in [0.2, 0.25) is 11.8 Å². The second kappa shape index (κ2) is 13.3. The van der Waals surface area contributed by atoms with Crippen LogP contribution in [0.4, 0.5) is 0 Å². The number of halogens is 2. The normalized spacial score (nSPS) is 14.2. The van der Waals surface area contributed by atoms with Gasteiger partial charge in [-0.15, -0.1) is 0 Å². The van der Waals surface area contributed by atoms with Gasteiger partial charge >= 0.3 is 0 Å².